The minimum atomic E-state index is 0.140. The fourth-order valence-electron chi connectivity index (χ4n) is 2.13. The van der Waals surface area contributed by atoms with Gasteiger partial charge >= 0.3 is 0 Å². The Hall–Kier alpha value is -1.90. The molecule has 0 bridgehead atoms. The molecule has 0 amide bonds. The van der Waals surface area contributed by atoms with Crippen molar-refractivity contribution < 1.29 is 0 Å². The Morgan fingerprint density at radius 1 is 1.17 bits per heavy atom. The Labute approximate surface area is 109 Å². The van der Waals surface area contributed by atoms with E-state index in [9.17, 15) is 0 Å². The van der Waals surface area contributed by atoms with Crippen molar-refractivity contribution >= 4 is 5.84 Å². The number of aromatic nitrogens is 1. The van der Waals surface area contributed by atoms with Crippen molar-refractivity contribution in [3.05, 3.63) is 54.5 Å². The largest absolute Gasteiger partial charge is 0.360 e. The molecule has 1 unspecified atom stereocenters. The molecule has 1 aliphatic heterocycles. The van der Waals surface area contributed by atoms with Gasteiger partial charge in [0, 0.05) is 25.5 Å². The summed E-state index contributed by atoms with van der Waals surface area (Å²) < 4.78 is 0. The van der Waals surface area contributed by atoms with Crippen LogP contribution in [-0.2, 0) is 0 Å². The first kappa shape index (κ1) is 12.6. The van der Waals surface area contributed by atoms with E-state index in [-0.39, 0.29) is 5.92 Å². The van der Waals surface area contributed by atoms with E-state index in [1.165, 1.54) is 0 Å². The minimum absolute atomic E-state index is 0.140. The molecular weight excluding hydrogens is 222 g/mol. The Morgan fingerprint density at radius 2 is 2.00 bits per heavy atom. The van der Waals surface area contributed by atoms with E-state index in [1.807, 2.05) is 36.7 Å². The predicted octanol–water partition coefficient (Wildman–Crippen LogP) is 2.99. The standard InChI is InChI=1S/C15H19N3/c1-3-18(4-2)15-13(9-5-7-12-17-15)14-10-6-8-11-16-14/h5-13H,3-4H2,1-2H3. The van der Waals surface area contributed by atoms with E-state index in [0.29, 0.717) is 0 Å². The first-order chi connectivity index (χ1) is 8.86. The van der Waals surface area contributed by atoms with Gasteiger partial charge in [-0.25, -0.2) is 4.99 Å². The average Bonchev–Trinajstić information content (AvgIpc) is 2.67. The second-order valence-corrected chi connectivity index (χ2v) is 4.12. The second-order valence-electron chi connectivity index (χ2n) is 4.12. The number of rotatable bonds is 3. The lowest BCUT2D eigenvalue weighted by Gasteiger charge is -2.27. The van der Waals surface area contributed by atoms with Crippen LogP contribution >= 0.6 is 0 Å². The molecule has 0 saturated carbocycles. The van der Waals surface area contributed by atoms with Crippen molar-refractivity contribution in [1.82, 2.24) is 9.88 Å². The first-order valence-electron chi connectivity index (χ1n) is 6.43. The SMILES string of the molecule is CCN(CC)C1=NC=CC=CC1c1ccccn1. The quantitative estimate of drug-likeness (QED) is 0.814. The molecule has 0 aliphatic carbocycles. The molecule has 0 saturated heterocycles. The maximum Gasteiger partial charge on any atom is 0.117 e. The molecule has 0 N–H and O–H groups in total. The van der Waals surface area contributed by atoms with Crippen molar-refractivity contribution in [3.63, 3.8) is 0 Å². The van der Waals surface area contributed by atoms with Crippen molar-refractivity contribution in [2.75, 3.05) is 13.1 Å². The molecule has 1 aliphatic rings. The van der Waals surface area contributed by atoms with Gasteiger partial charge in [0.15, 0.2) is 0 Å². The van der Waals surface area contributed by atoms with E-state index in [1.54, 1.807) is 0 Å². The van der Waals surface area contributed by atoms with Crippen LogP contribution in [0.25, 0.3) is 0 Å². The van der Waals surface area contributed by atoms with Gasteiger partial charge in [0.2, 0.25) is 0 Å². The van der Waals surface area contributed by atoms with Crippen molar-refractivity contribution in [2.45, 2.75) is 19.8 Å². The van der Waals surface area contributed by atoms with Crippen LogP contribution in [0.4, 0.5) is 0 Å². The third-order valence-electron chi connectivity index (χ3n) is 3.08. The van der Waals surface area contributed by atoms with Crippen molar-refractivity contribution in [1.29, 1.82) is 0 Å². The number of allylic oxidation sites excluding steroid dienone is 2. The molecule has 3 heteroatoms. The molecule has 2 heterocycles. The van der Waals surface area contributed by atoms with Gasteiger partial charge in [-0.3, -0.25) is 4.98 Å². The number of hydrogen-bond donors (Lipinski definition) is 0. The second kappa shape index (κ2) is 6.15. The van der Waals surface area contributed by atoms with Crippen LogP contribution in [0, 0.1) is 0 Å². The number of pyridine rings is 1. The van der Waals surface area contributed by atoms with Crippen LogP contribution in [0.3, 0.4) is 0 Å². The van der Waals surface area contributed by atoms with Gasteiger partial charge in [-0.2, -0.15) is 0 Å². The van der Waals surface area contributed by atoms with E-state index >= 15 is 0 Å². The molecule has 1 aromatic heterocycles. The van der Waals surface area contributed by atoms with Gasteiger partial charge in [0.05, 0.1) is 11.6 Å². The zero-order valence-electron chi connectivity index (χ0n) is 11.0. The number of nitrogens with zero attached hydrogens (tertiary/aromatic N) is 3. The zero-order chi connectivity index (χ0) is 12.8. The summed E-state index contributed by atoms with van der Waals surface area (Å²) in [6.07, 6.45) is 9.85. The molecule has 18 heavy (non-hydrogen) atoms. The number of likely N-dealkylation sites (N-methyl/N-ethyl adjacent to an activating group) is 1. The highest BCUT2D eigenvalue weighted by Crippen LogP contribution is 2.21. The summed E-state index contributed by atoms with van der Waals surface area (Å²) >= 11 is 0. The lowest BCUT2D eigenvalue weighted by Crippen LogP contribution is -2.34. The molecule has 1 atom stereocenters. The lowest BCUT2D eigenvalue weighted by atomic mass is 10.0. The molecule has 2 rings (SSSR count). The van der Waals surface area contributed by atoms with Crippen LogP contribution in [-0.4, -0.2) is 28.8 Å². The molecule has 3 nitrogen and oxygen atoms in total. The van der Waals surface area contributed by atoms with Crippen molar-refractivity contribution in [3.8, 4) is 0 Å². The zero-order valence-corrected chi connectivity index (χ0v) is 11.0. The van der Waals surface area contributed by atoms with Gasteiger partial charge in [-0.1, -0.05) is 18.2 Å². The summed E-state index contributed by atoms with van der Waals surface area (Å²) in [6, 6.07) is 6.02. The molecule has 0 spiro atoms. The summed E-state index contributed by atoms with van der Waals surface area (Å²) in [5.74, 6) is 1.21. The van der Waals surface area contributed by atoms with Crippen LogP contribution < -0.4 is 0 Å². The summed E-state index contributed by atoms with van der Waals surface area (Å²) in [4.78, 5) is 11.3. The third-order valence-corrected chi connectivity index (χ3v) is 3.08. The third kappa shape index (κ3) is 2.67. The number of aliphatic imine (C=N–C) groups is 1. The Kier molecular flexibility index (Phi) is 4.29. The van der Waals surface area contributed by atoms with Gasteiger partial charge in [0.25, 0.3) is 0 Å². The molecule has 94 valence electrons. The summed E-state index contributed by atoms with van der Waals surface area (Å²) in [6.45, 7) is 6.22. The van der Waals surface area contributed by atoms with E-state index in [2.05, 4.69) is 40.9 Å². The Morgan fingerprint density at radius 3 is 2.67 bits per heavy atom. The molecule has 1 aromatic rings. The fourth-order valence-corrected chi connectivity index (χ4v) is 2.13. The Balaban J connectivity index is 2.37. The molecule has 0 radical (unpaired) electrons. The smallest absolute Gasteiger partial charge is 0.117 e. The predicted molar refractivity (Wildman–Crippen MR) is 75.6 cm³/mol. The first-order valence-corrected chi connectivity index (χ1v) is 6.43. The Bertz CT molecular complexity index is 456. The van der Waals surface area contributed by atoms with Gasteiger partial charge in [0.1, 0.15) is 5.84 Å². The van der Waals surface area contributed by atoms with Crippen LogP contribution in [0.1, 0.15) is 25.5 Å². The summed E-state index contributed by atoms with van der Waals surface area (Å²) in [5, 5.41) is 0. The van der Waals surface area contributed by atoms with E-state index in [4.69, 9.17) is 0 Å². The van der Waals surface area contributed by atoms with Crippen LogP contribution in [0.5, 0.6) is 0 Å². The van der Waals surface area contributed by atoms with Crippen molar-refractivity contribution in [2.24, 2.45) is 4.99 Å². The fraction of sp³-hybridized carbons (Fsp3) is 0.333. The highest BCUT2D eigenvalue weighted by molar-refractivity contribution is 5.91. The minimum Gasteiger partial charge on any atom is -0.360 e. The number of hydrogen-bond acceptors (Lipinski definition) is 3. The van der Waals surface area contributed by atoms with Crippen LogP contribution in [0.15, 0.2) is 53.8 Å². The van der Waals surface area contributed by atoms with E-state index < -0.39 is 0 Å². The average molecular weight is 241 g/mol. The summed E-state index contributed by atoms with van der Waals surface area (Å²) in [7, 11) is 0. The maximum atomic E-state index is 4.58. The van der Waals surface area contributed by atoms with E-state index in [0.717, 1.165) is 24.6 Å². The highest BCUT2D eigenvalue weighted by Gasteiger charge is 2.21. The van der Waals surface area contributed by atoms with Crippen LogP contribution in [0.2, 0.25) is 0 Å². The monoisotopic (exact) mass is 241 g/mol. The molecule has 0 aromatic carbocycles. The normalized spacial score (nSPS) is 18.3. The maximum absolute atomic E-state index is 4.58. The lowest BCUT2D eigenvalue weighted by molar-refractivity contribution is 0.453. The summed E-state index contributed by atoms with van der Waals surface area (Å²) in [5.41, 5.74) is 1.04. The molecular formula is C15H19N3. The highest BCUT2D eigenvalue weighted by atomic mass is 15.2. The van der Waals surface area contributed by atoms with Gasteiger partial charge < -0.3 is 4.90 Å². The number of amidine groups is 1. The van der Waals surface area contributed by atoms with Gasteiger partial charge in [-0.05, 0) is 32.1 Å². The van der Waals surface area contributed by atoms with Gasteiger partial charge in [-0.15, -0.1) is 0 Å². The topological polar surface area (TPSA) is 28.5 Å². The molecule has 0 fully saturated rings.